The molecule has 2 nitrogen and oxygen atoms in total. The summed E-state index contributed by atoms with van der Waals surface area (Å²) >= 11 is 0. The van der Waals surface area contributed by atoms with Crippen molar-refractivity contribution >= 4 is 5.97 Å². The Morgan fingerprint density at radius 3 is 2.59 bits per heavy atom. The van der Waals surface area contributed by atoms with Gasteiger partial charge in [0.2, 0.25) is 0 Å². The summed E-state index contributed by atoms with van der Waals surface area (Å²) in [6, 6.07) is 0. The number of rotatable bonds is 2. The van der Waals surface area contributed by atoms with Gasteiger partial charge in [-0.2, -0.15) is 0 Å². The molecular weight excluding hydrogens is 212 g/mol. The molecule has 0 amide bonds. The molecule has 0 aromatic heterocycles. The highest BCUT2D eigenvalue weighted by atomic mass is 16.6. The highest BCUT2D eigenvalue weighted by molar-refractivity contribution is 5.66. The maximum absolute atomic E-state index is 11.5. The fourth-order valence-corrected chi connectivity index (χ4v) is 4.59. The lowest BCUT2D eigenvalue weighted by Crippen LogP contribution is -2.56. The Labute approximate surface area is 105 Å². The number of fused-ring (bicyclic) bond motifs is 2. The fraction of sp³-hybridized carbons (Fsp3) is 0.933. The van der Waals surface area contributed by atoms with Crippen molar-refractivity contribution in [2.75, 3.05) is 0 Å². The highest BCUT2D eigenvalue weighted by Gasteiger charge is 2.53. The van der Waals surface area contributed by atoms with Gasteiger partial charge in [-0.15, -0.1) is 0 Å². The van der Waals surface area contributed by atoms with Crippen LogP contribution in [0.4, 0.5) is 0 Å². The third kappa shape index (κ3) is 2.11. The summed E-state index contributed by atoms with van der Waals surface area (Å²) in [7, 11) is 0. The van der Waals surface area contributed by atoms with Gasteiger partial charge in [0.25, 0.3) is 0 Å². The molecule has 4 unspecified atom stereocenters. The number of hydrogen-bond donors (Lipinski definition) is 0. The Morgan fingerprint density at radius 1 is 1.29 bits per heavy atom. The number of hydrogen-bond acceptors (Lipinski definition) is 2. The Hall–Kier alpha value is -0.530. The molecule has 2 saturated carbocycles. The molecule has 2 fully saturated rings. The van der Waals surface area contributed by atoms with E-state index in [0.717, 1.165) is 5.92 Å². The third-order valence-corrected chi connectivity index (χ3v) is 5.10. The number of carbonyl (C=O) groups excluding carboxylic acids is 1. The standard InChI is InChI=1S/C15H26O2/c1-10(2)15(17-12(4)16)11(3)8-13-6-5-7-14(15)9-13/h10-11,13-14H,5-9H2,1-4H3. The molecule has 2 rings (SSSR count). The Balaban J connectivity index is 2.30. The Kier molecular flexibility index (Phi) is 3.51. The maximum Gasteiger partial charge on any atom is 0.303 e. The van der Waals surface area contributed by atoms with Gasteiger partial charge < -0.3 is 4.74 Å². The minimum absolute atomic E-state index is 0.102. The fourth-order valence-electron chi connectivity index (χ4n) is 4.59. The number of carbonyl (C=O) groups is 1. The van der Waals surface area contributed by atoms with Crippen molar-refractivity contribution in [2.45, 2.75) is 65.4 Å². The first-order valence-corrected chi connectivity index (χ1v) is 7.16. The van der Waals surface area contributed by atoms with Gasteiger partial charge in [-0.25, -0.2) is 0 Å². The van der Waals surface area contributed by atoms with Gasteiger partial charge >= 0.3 is 5.97 Å². The quantitative estimate of drug-likeness (QED) is 0.684. The van der Waals surface area contributed by atoms with Crippen LogP contribution in [0.5, 0.6) is 0 Å². The van der Waals surface area contributed by atoms with Crippen LogP contribution in [0.3, 0.4) is 0 Å². The molecular formula is C15H26O2. The van der Waals surface area contributed by atoms with Crippen molar-refractivity contribution in [1.82, 2.24) is 0 Å². The lowest BCUT2D eigenvalue weighted by molar-refractivity contribution is -0.198. The molecule has 0 N–H and O–H groups in total. The smallest absolute Gasteiger partial charge is 0.303 e. The van der Waals surface area contributed by atoms with Crippen LogP contribution in [0.15, 0.2) is 0 Å². The van der Waals surface area contributed by atoms with E-state index in [2.05, 4.69) is 20.8 Å². The molecule has 98 valence electrons. The van der Waals surface area contributed by atoms with Gasteiger partial charge in [0.1, 0.15) is 5.60 Å². The summed E-state index contributed by atoms with van der Waals surface area (Å²) in [5.74, 6) is 2.30. The first-order valence-electron chi connectivity index (χ1n) is 7.16. The molecule has 0 spiro atoms. The largest absolute Gasteiger partial charge is 0.458 e. The monoisotopic (exact) mass is 238 g/mol. The van der Waals surface area contributed by atoms with E-state index in [1.165, 1.54) is 32.1 Å². The summed E-state index contributed by atoms with van der Waals surface area (Å²) in [6.45, 7) is 8.28. The van der Waals surface area contributed by atoms with E-state index in [4.69, 9.17) is 4.74 Å². The van der Waals surface area contributed by atoms with Crippen LogP contribution in [-0.2, 0) is 9.53 Å². The van der Waals surface area contributed by atoms with Crippen LogP contribution in [0.2, 0.25) is 0 Å². The van der Waals surface area contributed by atoms with Crippen molar-refractivity contribution in [2.24, 2.45) is 23.7 Å². The van der Waals surface area contributed by atoms with Crippen molar-refractivity contribution in [1.29, 1.82) is 0 Å². The summed E-state index contributed by atoms with van der Waals surface area (Å²) in [5, 5.41) is 0. The molecule has 2 bridgehead atoms. The first kappa shape index (κ1) is 12.9. The molecule has 0 heterocycles. The van der Waals surface area contributed by atoms with Gasteiger partial charge in [0.15, 0.2) is 0 Å². The van der Waals surface area contributed by atoms with Gasteiger partial charge in [-0.05, 0) is 42.9 Å². The number of ether oxygens (including phenoxy) is 1. The minimum atomic E-state index is -0.192. The lowest BCUT2D eigenvalue weighted by Gasteiger charge is -2.54. The predicted octanol–water partition coefficient (Wildman–Crippen LogP) is 3.79. The molecule has 2 aliphatic carbocycles. The molecule has 0 aromatic carbocycles. The van der Waals surface area contributed by atoms with Crippen molar-refractivity contribution < 1.29 is 9.53 Å². The van der Waals surface area contributed by atoms with E-state index in [9.17, 15) is 4.79 Å². The van der Waals surface area contributed by atoms with E-state index in [-0.39, 0.29) is 11.6 Å². The van der Waals surface area contributed by atoms with Crippen molar-refractivity contribution in [3.63, 3.8) is 0 Å². The lowest BCUT2D eigenvalue weighted by atomic mass is 9.56. The van der Waals surface area contributed by atoms with E-state index >= 15 is 0 Å². The third-order valence-electron chi connectivity index (χ3n) is 5.10. The zero-order chi connectivity index (χ0) is 12.6. The SMILES string of the molecule is CC(=O)OC1(C(C)C)C(C)CC2CCCC1C2. The van der Waals surface area contributed by atoms with E-state index in [1.807, 2.05) is 0 Å². The molecule has 2 aliphatic rings. The second kappa shape index (κ2) is 4.62. The second-order valence-electron chi connectivity index (χ2n) is 6.47. The van der Waals surface area contributed by atoms with Gasteiger partial charge in [-0.1, -0.05) is 33.6 Å². The van der Waals surface area contributed by atoms with Crippen LogP contribution in [-0.4, -0.2) is 11.6 Å². The molecule has 0 saturated heterocycles. The highest BCUT2D eigenvalue weighted by Crippen LogP contribution is 2.53. The average molecular weight is 238 g/mol. The van der Waals surface area contributed by atoms with Gasteiger partial charge in [-0.3, -0.25) is 4.79 Å². The van der Waals surface area contributed by atoms with E-state index in [1.54, 1.807) is 6.92 Å². The molecule has 2 heteroatoms. The van der Waals surface area contributed by atoms with Crippen molar-refractivity contribution in [3.05, 3.63) is 0 Å². The van der Waals surface area contributed by atoms with Gasteiger partial charge in [0.05, 0.1) is 0 Å². The predicted molar refractivity (Wildman–Crippen MR) is 68.6 cm³/mol. The van der Waals surface area contributed by atoms with Gasteiger partial charge in [0, 0.05) is 6.92 Å². The molecule has 4 atom stereocenters. The van der Waals surface area contributed by atoms with Crippen LogP contribution in [0.1, 0.15) is 59.8 Å². The molecule has 0 radical (unpaired) electrons. The maximum atomic E-state index is 11.5. The van der Waals surface area contributed by atoms with Crippen LogP contribution < -0.4 is 0 Å². The van der Waals surface area contributed by atoms with Crippen LogP contribution in [0.25, 0.3) is 0 Å². The first-order chi connectivity index (χ1) is 7.96. The summed E-state index contributed by atoms with van der Waals surface area (Å²) in [6.07, 6.45) is 6.46. The molecule has 0 aliphatic heterocycles. The Morgan fingerprint density at radius 2 is 2.00 bits per heavy atom. The molecule has 0 aromatic rings. The van der Waals surface area contributed by atoms with Crippen molar-refractivity contribution in [3.8, 4) is 0 Å². The van der Waals surface area contributed by atoms with E-state index in [0.29, 0.717) is 17.8 Å². The summed E-state index contributed by atoms with van der Waals surface area (Å²) in [4.78, 5) is 11.5. The normalized spacial score (nSPS) is 41.4. The second-order valence-corrected chi connectivity index (χ2v) is 6.47. The summed E-state index contributed by atoms with van der Waals surface area (Å²) < 4.78 is 5.90. The summed E-state index contributed by atoms with van der Waals surface area (Å²) in [5.41, 5.74) is -0.192. The number of esters is 1. The molecule has 17 heavy (non-hydrogen) atoms. The zero-order valence-corrected chi connectivity index (χ0v) is 11.7. The Bertz CT molecular complexity index is 295. The average Bonchev–Trinajstić information content (AvgIpc) is 2.23. The van der Waals surface area contributed by atoms with Crippen LogP contribution >= 0.6 is 0 Å². The zero-order valence-electron chi connectivity index (χ0n) is 11.7. The van der Waals surface area contributed by atoms with E-state index < -0.39 is 0 Å². The topological polar surface area (TPSA) is 26.3 Å². The van der Waals surface area contributed by atoms with Crippen LogP contribution in [0, 0.1) is 23.7 Å². The minimum Gasteiger partial charge on any atom is -0.458 e.